The topological polar surface area (TPSA) is 21.8 Å². The van der Waals surface area contributed by atoms with E-state index < -0.39 is 0 Å². The highest BCUT2D eigenvalue weighted by atomic mass is 16.8. The van der Waals surface area contributed by atoms with Gasteiger partial charge in [-0.05, 0) is 13.8 Å². The lowest BCUT2D eigenvalue weighted by Crippen LogP contribution is -2.09. The summed E-state index contributed by atoms with van der Waals surface area (Å²) in [6, 6.07) is 0. The second kappa shape index (κ2) is 1.46. The van der Waals surface area contributed by atoms with Gasteiger partial charge in [0.25, 0.3) is 0 Å². The van der Waals surface area contributed by atoms with Gasteiger partial charge in [-0.1, -0.05) is 0 Å². The molecule has 2 heteroatoms. The van der Waals surface area contributed by atoms with Gasteiger partial charge in [0.1, 0.15) is 6.61 Å². The van der Waals surface area contributed by atoms with Crippen LogP contribution in [0.25, 0.3) is 0 Å². The number of hydrogen-bond acceptors (Lipinski definition) is 2. The van der Waals surface area contributed by atoms with E-state index in [9.17, 15) is 0 Å². The van der Waals surface area contributed by atoms with Gasteiger partial charge in [0.15, 0.2) is 5.79 Å². The van der Waals surface area contributed by atoms with E-state index in [1.54, 1.807) is 0 Å². The van der Waals surface area contributed by atoms with Crippen molar-refractivity contribution in [2.24, 2.45) is 0 Å². The first-order valence-electron chi connectivity index (χ1n) is 2.55. The van der Waals surface area contributed by atoms with Gasteiger partial charge in [0.05, 0.1) is 0 Å². The molecule has 0 aliphatic carbocycles. The Morgan fingerprint density at radius 1 is 1.86 bits per heavy atom. The molecule has 7 heavy (non-hydrogen) atoms. The van der Waals surface area contributed by atoms with E-state index in [1.165, 1.54) is 0 Å². The number of epoxide rings is 1. The van der Waals surface area contributed by atoms with E-state index in [0.717, 1.165) is 13.2 Å². The summed E-state index contributed by atoms with van der Waals surface area (Å²) in [6.07, 6.45) is 0. The highest BCUT2D eigenvalue weighted by molar-refractivity contribution is 4.74. The minimum Gasteiger partial charge on any atom is -0.348 e. The van der Waals surface area contributed by atoms with E-state index in [0.29, 0.717) is 0 Å². The summed E-state index contributed by atoms with van der Waals surface area (Å²) in [5.74, 6) is -0.200. The van der Waals surface area contributed by atoms with Crippen molar-refractivity contribution in [2.45, 2.75) is 19.6 Å². The first-order chi connectivity index (χ1) is 3.27. The lowest BCUT2D eigenvalue weighted by Gasteiger charge is -2.01. The maximum atomic E-state index is 5.12. The molecule has 0 aromatic heterocycles. The SMILES string of the molecule is CCOC1(C)CO1. The minimum atomic E-state index is -0.200. The monoisotopic (exact) mass is 102 g/mol. The Bertz CT molecular complexity index is 66.5. The van der Waals surface area contributed by atoms with Crippen LogP contribution in [0.4, 0.5) is 0 Å². The third-order valence-corrected chi connectivity index (χ3v) is 1.00. The van der Waals surface area contributed by atoms with Crippen molar-refractivity contribution >= 4 is 0 Å². The van der Waals surface area contributed by atoms with Gasteiger partial charge in [-0.15, -0.1) is 0 Å². The molecule has 1 fully saturated rings. The number of rotatable bonds is 2. The normalized spacial score (nSPS) is 38.6. The molecule has 42 valence electrons. The van der Waals surface area contributed by atoms with Crippen LogP contribution in [0.2, 0.25) is 0 Å². The summed E-state index contributed by atoms with van der Waals surface area (Å²) < 4.78 is 10.0. The van der Waals surface area contributed by atoms with Gasteiger partial charge in [0, 0.05) is 6.61 Å². The Labute approximate surface area is 43.4 Å². The summed E-state index contributed by atoms with van der Waals surface area (Å²) in [6.45, 7) is 5.42. The van der Waals surface area contributed by atoms with Crippen LogP contribution >= 0.6 is 0 Å². The average molecular weight is 102 g/mol. The molecule has 1 aliphatic heterocycles. The first kappa shape index (κ1) is 5.06. The molecule has 0 saturated carbocycles. The van der Waals surface area contributed by atoms with Gasteiger partial charge in [-0.2, -0.15) is 0 Å². The van der Waals surface area contributed by atoms with Gasteiger partial charge in [-0.25, -0.2) is 0 Å². The molecule has 0 aromatic carbocycles. The highest BCUT2D eigenvalue weighted by Crippen LogP contribution is 2.26. The minimum absolute atomic E-state index is 0.200. The zero-order chi connectivity index (χ0) is 5.33. The lowest BCUT2D eigenvalue weighted by molar-refractivity contribution is -0.0226. The molecular formula is C5H10O2. The molecule has 0 aromatic rings. The summed E-state index contributed by atoms with van der Waals surface area (Å²) >= 11 is 0. The maximum Gasteiger partial charge on any atom is 0.189 e. The number of ether oxygens (including phenoxy) is 2. The Morgan fingerprint density at radius 3 is 2.57 bits per heavy atom. The van der Waals surface area contributed by atoms with Gasteiger partial charge >= 0.3 is 0 Å². The molecule has 1 aliphatic rings. The summed E-state index contributed by atoms with van der Waals surface area (Å²) in [4.78, 5) is 0. The molecular weight excluding hydrogens is 92.1 g/mol. The second-order valence-corrected chi connectivity index (χ2v) is 1.86. The zero-order valence-electron chi connectivity index (χ0n) is 4.73. The fourth-order valence-electron chi connectivity index (χ4n) is 0.490. The van der Waals surface area contributed by atoms with Crippen LogP contribution < -0.4 is 0 Å². The molecule has 1 atom stereocenters. The Hall–Kier alpha value is -0.0800. The molecule has 1 heterocycles. The molecule has 0 N–H and O–H groups in total. The van der Waals surface area contributed by atoms with Crippen molar-refractivity contribution in [3.05, 3.63) is 0 Å². The molecule has 0 amide bonds. The van der Waals surface area contributed by atoms with E-state index >= 15 is 0 Å². The van der Waals surface area contributed by atoms with Crippen LogP contribution in [0.3, 0.4) is 0 Å². The second-order valence-electron chi connectivity index (χ2n) is 1.86. The van der Waals surface area contributed by atoms with Gasteiger partial charge < -0.3 is 9.47 Å². The third-order valence-electron chi connectivity index (χ3n) is 1.00. The molecule has 1 rings (SSSR count). The Kier molecular flexibility index (Phi) is 1.05. The Balaban J connectivity index is 2.13. The standard InChI is InChI=1S/C5H10O2/c1-3-6-5(2)4-7-5/h3-4H2,1-2H3. The number of hydrogen-bond donors (Lipinski definition) is 0. The van der Waals surface area contributed by atoms with Crippen LogP contribution in [0.5, 0.6) is 0 Å². The molecule has 1 saturated heterocycles. The average Bonchev–Trinajstić information content (AvgIpc) is 2.22. The summed E-state index contributed by atoms with van der Waals surface area (Å²) in [5, 5.41) is 0. The van der Waals surface area contributed by atoms with Crippen LogP contribution in [0.1, 0.15) is 13.8 Å². The van der Waals surface area contributed by atoms with Crippen molar-refractivity contribution < 1.29 is 9.47 Å². The smallest absolute Gasteiger partial charge is 0.189 e. The van der Waals surface area contributed by atoms with Crippen molar-refractivity contribution in [1.29, 1.82) is 0 Å². The van der Waals surface area contributed by atoms with Crippen molar-refractivity contribution in [3.63, 3.8) is 0 Å². The maximum absolute atomic E-state index is 5.12. The molecule has 2 nitrogen and oxygen atoms in total. The van der Waals surface area contributed by atoms with E-state index in [-0.39, 0.29) is 5.79 Å². The lowest BCUT2D eigenvalue weighted by atomic mass is 10.5. The zero-order valence-corrected chi connectivity index (χ0v) is 4.73. The van der Waals surface area contributed by atoms with E-state index in [1.807, 2.05) is 13.8 Å². The predicted octanol–water partition coefficient (Wildman–Crippen LogP) is 0.769. The van der Waals surface area contributed by atoms with Crippen LogP contribution in [0, 0.1) is 0 Å². The first-order valence-corrected chi connectivity index (χ1v) is 2.55. The van der Waals surface area contributed by atoms with Crippen molar-refractivity contribution in [2.75, 3.05) is 13.2 Å². The van der Waals surface area contributed by atoms with E-state index in [2.05, 4.69) is 0 Å². The van der Waals surface area contributed by atoms with Crippen LogP contribution in [-0.2, 0) is 9.47 Å². The van der Waals surface area contributed by atoms with Crippen molar-refractivity contribution in [3.8, 4) is 0 Å². The van der Waals surface area contributed by atoms with Crippen molar-refractivity contribution in [1.82, 2.24) is 0 Å². The fourth-order valence-corrected chi connectivity index (χ4v) is 0.490. The summed E-state index contributed by atoms with van der Waals surface area (Å²) in [7, 11) is 0. The third kappa shape index (κ3) is 1.14. The molecule has 1 unspecified atom stereocenters. The predicted molar refractivity (Wildman–Crippen MR) is 26.0 cm³/mol. The highest BCUT2D eigenvalue weighted by Gasteiger charge is 2.39. The van der Waals surface area contributed by atoms with E-state index in [4.69, 9.17) is 9.47 Å². The summed E-state index contributed by atoms with van der Waals surface area (Å²) in [5.41, 5.74) is 0. The fraction of sp³-hybridized carbons (Fsp3) is 1.00. The Morgan fingerprint density at radius 2 is 2.43 bits per heavy atom. The largest absolute Gasteiger partial charge is 0.348 e. The quantitative estimate of drug-likeness (QED) is 0.480. The molecule has 0 spiro atoms. The van der Waals surface area contributed by atoms with Gasteiger partial charge in [-0.3, -0.25) is 0 Å². The molecule has 0 radical (unpaired) electrons. The van der Waals surface area contributed by atoms with Crippen LogP contribution in [0.15, 0.2) is 0 Å². The molecule has 0 bridgehead atoms. The van der Waals surface area contributed by atoms with Crippen LogP contribution in [-0.4, -0.2) is 19.0 Å². The van der Waals surface area contributed by atoms with Gasteiger partial charge in [0.2, 0.25) is 0 Å².